The van der Waals surface area contributed by atoms with Gasteiger partial charge in [-0.2, -0.15) is 5.10 Å². The van der Waals surface area contributed by atoms with Crippen molar-refractivity contribution in [1.82, 2.24) is 15.1 Å². The summed E-state index contributed by atoms with van der Waals surface area (Å²) in [4.78, 5) is 12.5. The van der Waals surface area contributed by atoms with Gasteiger partial charge in [0.25, 0.3) is 0 Å². The van der Waals surface area contributed by atoms with Gasteiger partial charge < -0.3 is 10.1 Å². The summed E-state index contributed by atoms with van der Waals surface area (Å²) in [6.07, 6.45) is 0. The third kappa shape index (κ3) is 3.11. The summed E-state index contributed by atoms with van der Waals surface area (Å²) >= 11 is 0. The van der Waals surface area contributed by atoms with E-state index >= 15 is 0 Å². The van der Waals surface area contributed by atoms with Crippen LogP contribution in [-0.2, 0) is 11.3 Å². The summed E-state index contributed by atoms with van der Waals surface area (Å²) < 4.78 is 6.92. The number of benzene rings is 2. The van der Waals surface area contributed by atoms with E-state index in [0.717, 1.165) is 27.9 Å². The zero-order chi connectivity index (χ0) is 17.1. The largest absolute Gasteiger partial charge is 0.497 e. The fraction of sp³-hybridized carbons (Fsp3) is 0.263. The number of hydrogen-bond donors (Lipinski definition) is 1. The van der Waals surface area contributed by atoms with Gasteiger partial charge in [0.15, 0.2) is 0 Å². The summed E-state index contributed by atoms with van der Waals surface area (Å²) in [5, 5.41) is 8.57. The van der Waals surface area contributed by atoms with E-state index in [1.165, 1.54) is 0 Å². The number of hydrogen-bond acceptors (Lipinski definition) is 3. The third-order valence-electron chi connectivity index (χ3n) is 4.17. The normalized spacial score (nSPS) is 12.1. The van der Waals surface area contributed by atoms with Crippen molar-refractivity contribution in [3.05, 3.63) is 59.8 Å². The van der Waals surface area contributed by atoms with E-state index in [4.69, 9.17) is 4.74 Å². The highest BCUT2D eigenvalue weighted by Gasteiger charge is 2.18. The number of amides is 1. The van der Waals surface area contributed by atoms with Crippen LogP contribution in [0.25, 0.3) is 10.9 Å². The quantitative estimate of drug-likeness (QED) is 0.784. The number of carbonyl (C=O) groups is 1. The fourth-order valence-corrected chi connectivity index (χ4v) is 2.74. The van der Waals surface area contributed by atoms with Gasteiger partial charge in [0, 0.05) is 11.9 Å². The molecule has 124 valence electrons. The van der Waals surface area contributed by atoms with E-state index in [1.807, 2.05) is 62.4 Å². The molecule has 0 radical (unpaired) electrons. The Morgan fingerprint density at radius 2 is 1.92 bits per heavy atom. The Labute approximate surface area is 141 Å². The molecule has 3 rings (SSSR count). The van der Waals surface area contributed by atoms with Crippen LogP contribution in [0.1, 0.15) is 24.2 Å². The smallest absolute Gasteiger partial charge is 0.244 e. The maximum absolute atomic E-state index is 12.5. The van der Waals surface area contributed by atoms with E-state index in [1.54, 1.807) is 11.8 Å². The molecule has 24 heavy (non-hydrogen) atoms. The molecule has 1 N–H and O–H groups in total. The Balaban J connectivity index is 1.71. The van der Waals surface area contributed by atoms with Gasteiger partial charge in [-0.25, -0.2) is 0 Å². The first kappa shape index (κ1) is 16.1. The topological polar surface area (TPSA) is 56.1 Å². The van der Waals surface area contributed by atoms with E-state index in [2.05, 4.69) is 10.4 Å². The van der Waals surface area contributed by atoms with Crippen LogP contribution in [0.2, 0.25) is 0 Å². The standard InChI is InChI=1S/C19H21N3O2/c1-13-17-6-4-5-7-18(17)22(21-13)14(2)19(23)20-12-15-8-10-16(24-3)11-9-15/h4-11,14H,12H2,1-3H3,(H,20,23)/t14-/m1/s1. The Morgan fingerprint density at radius 1 is 1.21 bits per heavy atom. The molecule has 0 bridgehead atoms. The Morgan fingerprint density at radius 3 is 2.62 bits per heavy atom. The number of carbonyl (C=O) groups excluding carboxylic acids is 1. The van der Waals surface area contributed by atoms with Gasteiger partial charge in [0.05, 0.1) is 18.3 Å². The number of nitrogens with one attached hydrogen (secondary N) is 1. The van der Waals surface area contributed by atoms with E-state index in [-0.39, 0.29) is 11.9 Å². The molecule has 1 heterocycles. The lowest BCUT2D eigenvalue weighted by Gasteiger charge is -2.14. The average molecular weight is 323 g/mol. The molecule has 1 amide bonds. The van der Waals surface area contributed by atoms with Crippen molar-refractivity contribution in [1.29, 1.82) is 0 Å². The minimum Gasteiger partial charge on any atom is -0.497 e. The van der Waals surface area contributed by atoms with E-state index in [9.17, 15) is 4.79 Å². The molecule has 1 aromatic heterocycles. The lowest BCUT2D eigenvalue weighted by molar-refractivity contribution is -0.124. The van der Waals surface area contributed by atoms with Crippen LogP contribution in [0.5, 0.6) is 5.75 Å². The monoisotopic (exact) mass is 323 g/mol. The molecule has 1 atom stereocenters. The maximum Gasteiger partial charge on any atom is 0.244 e. The van der Waals surface area contributed by atoms with Crippen LogP contribution in [-0.4, -0.2) is 22.8 Å². The second kappa shape index (κ2) is 6.74. The summed E-state index contributed by atoms with van der Waals surface area (Å²) in [6.45, 7) is 4.30. The molecule has 5 heteroatoms. The maximum atomic E-state index is 12.5. The molecule has 0 aliphatic carbocycles. The number of aromatic nitrogens is 2. The fourth-order valence-electron chi connectivity index (χ4n) is 2.74. The molecular weight excluding hydrogens is 302 g/mol. The van der Waals surface area contributed by atoms with Crippen LogP contribution in [0, 0.1) is 6.92 Å². The van der Waals surface area contributed by atoms with Crippen LogP contribution < -0.4 is 10.1 Å². The van der Waals surface area contributed by atoms with Gasteiger partial charge in [-0.05, 0) is 37.6 Å². The van der Waals surface area contributed by atoms with Gasteiger partial charge in [-0.3, -0.25) is 9.48 Å². The molecule has 3 aromatic rings. The van der Waals surface area contributed by atoms with Gasteiger partial charge in [-0.15, -0.1) is 0 Å². The van der Waals surface area contributed by atoms with Gasteiger partial charge in [0.2, 0.25) is 5.91 Å². The lowest BCUT2D eigenvalue weighted by Crippen LogP contribution is -2.31. The first-order valence-electron chi connectivity index (χ1n) is 7.94. The van der Waals surface area contributed by atoms with Crippen LogP contribution >= 0.6 is 0 Å². The zero-order valence-electron chi connectivity index (χ0n) is 14.1. The summed E-state index contributed by atoms with van der Waals surface area (Å²) in [5.74, 6) is 0.746. The SMILES string of the molecule is COc1ccc(CNC(=O)[C@@H](C)n2nc(C)c3ccccc32)cc1. The first-order valence-corrected chi connectivity index (χ1v) is 7.94. The number of para-hydroxylation sites is 1. The summed E-state index contributed by atoms with van der Waals surface area (Å²) in [7, 11) is 1.63. The lowest BCUT2D eigenvalue weighted by atomic mass is 10.2. The Hall–Kier alpha value is -2.82. The number of fused-ring (bicyclic) bond motifs is 1. The highest BCUT2D eigenvalue weighted by atomic mass is 16.5. The second-order valence-corrected chi connectivity index (χ2v) is 5.79. The zero-order valence-corrected chi connectivity index (χ0v) is 14.1. The average Bonchev–Trinajstić information content (AvgIpc) is 2.96. The van der Waals surface area contributed by atoms with E-state index < -0.39 is 0 Å². The molecule has 0 fully saturated rings. The number of aryl methyl sites for hydroxylation is 1. The van der Waals surface area contributed by atoms with Crippen molar-refractivity contribution in [2.45, 2.75) is 26.4 Å². The predicted octanol–water partition coefficient (Wildman–Crippen LogP) is 3.23. The molecule has 0 unspecified atom stereocenters. The molecule has 0 saturated carbocycles. The molecule has 0 saturated heterocycles. The van der Waals surface area contributed by atoms with Crippen LogP contribution in [0.3, 0.4) is 0 Å². The second-order valence-electron chi connectivity index (χ2n) is 5.79. The van der Waals surface area contributed by atoms with Crippen molar-refractivity contribution < 1.29 is 9.53 Å². The molecule has 0 aliphatic heterocycles. The highest BCUT2D eigenvalue weighted by molar-refractivity contribution is 5.86. The molecule has 2 aromatic carbocycles. The highest BCUT2D eigenvalue weighted by Crippen LogP contribution is 2.21. The predicted molar refractivity (Wildman–Crippen MR) is 94.0 cm³/mol. The third-order valence-corrected chi connectivity index (χ3v) is 4.17. The van der Waals surface area contributed by atoms with Crippen molar-refractivity contribution in [3.63, 3.8) is 0 Å². The molecule has 0 aliphatic rings. The first-order chi connectivity index (χ1) is 11.6. The van der Waals surface area contributed by atoms with Gasteiger partial charge >= 0.3 is 0 Å². The Bertz CT molecular complexity index is 853. The van der Waals surface area contributed by atoms with Gasteiger partial charge in [-0.1, -0.05) is 30.3 Å². The van der Waals surface area contributed by atoms with Crippen molar-refractivity contribution in [3.8, 4) is 5.75 Å². The Kier molecular flexibility index (Phi) is 4.51. The molecular formula is C19H21N3O2. The minimum absolute atomic E-state index is 0.0564. The molecule has 0 spiro atoms. The van der Waals surface area contributed by atoms with Crippen molar-refractivity contribution >= 4 is 16.8 Å². The minimum atomic E-state index is -0.373. The number of ether oxygens (including phenoxy) is 1. The van der Waals surface area contributed by atoms with Crippen molar-refractivity contribution in [2.24, 2.45) is 0 Å². The van der Waals surface area contributed by atoms with E-state index in [0.29, 0.717) is 6.54 Å². The molecule has 5 nitrogen and oxygen atoms in total. The van der Waals surface area contributed by atoms with Crippen LogP contribution in [0.15, 0.2) is 48.5 Å². The number of rotatable bonds is 5. The number of nitrogens with zero attached hydrogens (tertiary/aromatic N) is 2. The summed E-state index contributed by atoms with van der Waals surface area (Å²) in [6, 6.07) is 15.2. The number of methoxy groups -OCH3 is 1. The van der Waals surface area contributed by atoms with Crippen molar-refractivity contribution in [2.75, 3.05) is 7.11 Å². The van der Waals surface area contributed by atoms with Crippen LogP contribution in [0.4, 0.5) is 0 Å². The summed E-state index contributed by atoms with van der Waals surface area (Å²) in [5.41, 5.74) is 2.93. The van der Waals surface area contributed by atoms with Gasteiger partial charge in [0.1, 0.15) is 11.8 Å².